The van der Waals surface area contributed by atoms with Crippen molar-refractivity contribution in [3.8, 4) is 11.1 Å². The van der Waals surface area contributed by atoms with Gasteiger partial charge in [-0.2, -0.15) is 0 Å². The van der Waals surface area contributed by atoms with Crippen LogP contribution in [0.4, 0.5) is 0 Å². The Hall–Kier alpha value is -1.13. The lowest BCUT2D eigenvalue weighted by atomic mass is 10.00. The van der Waals surface area contributed by atoms with Gasteiger partial charge in [0.25, 0.3) is 0 Å². The average Bonchev–Trinajstić information content (AvgIpc) is 2.30. The molecule has 0 amide bonds. The molecule has 0 saturated carbocycles. The Bertz CT molecular complexity index is 443. The molecule has 15 heavy (non-hydrogen) atoms. The summed E-state index contributed by atoms with van der Waals surface area (Å²) in [5.41, 5.74) is 4.89. The van der Waals surface area contributed by atoms with Crippen molar-refractivity contribution in [2.24, 2.45) is 0 Å². The molecular formula is C14H13P. The lowest BCUT2D eigenvalue weighted by Crippen LogP contribution is -1.84. The summed E-state index contributed by atoms with van der Waals surface area (Å²) in [6.07, 6.45) is 3.13. The highest BCUT2D eigenvalue weighted by molar-refractivity contribution is 7.19. The lowest BCUT2D eigenvalue weighted by Gasteiger charge is -2.07. The normalized spacial score (nSPS) is 10.3. The van der Waals surface area contributed by atoms with E-state index >= 15 is 0 Å². The minimum atomic E-state index is 1.13. The van der Waals surface area contributed by atoms with Gasteiger partial charge >= 0.3 is 0 Å². The third-order valence-corrected chi connectivity index (χ3v) is 2.76. The quantitative estimate of drug-likeness (QED) is 0.662. The molecule has 0 N–H and O–H groups in total. The van der Waals surface area contributed by atoms with Crippen molar-refractivity contribution in [2.45, 2.75) is 6.92 Å². The van der Waals surface area contributed by atoms with Crippen LogP contribution in [0.5, 0.6) is 0 Å². The van der Waals surface area contributed by atoms with Crippen molar-refractivity contribution in [1.82, 2.24) is 0 Å². The first kappa shape index (κ1) is 10.4. The van der Waals surface area contributed by atoms with Crippen LogP contribution in [-0.4, -0.2) is 0 Å². The van der Waals surface area contributed by atoms with Crippen LogP contribution < -0.4 is 0 Å². The maximum atomic E-state index is 3.13. The van der Waals surface area contributed by atoms with E-state index in [1.807, 2.05) is 6.07 Å². The van der Waals surface area contributed by atoms with Gasteiger partial charge in [-0.25, -0.2) is 0 Å². The highest BCUT2D eigenvalue weighted by Crippen LogP contribution is 2.26. The molecule has 0 aliphatic carbocycles. The van der Waals surface area contributed by atoms with E-state index in [1.54, 1.807) is 0 Å². The second-order valence-electron chi connectivity index (χ2n) is 3.56. The molecule has 0 aromatic heterocycles. The summed E-state index contributed by atoms with van der Waals surface area (Å²) in [6, 6.07) is 16.8. The van der Waals surface area contributed by atoms with E-state index in [2.05, 4.69) is 64.8 Å². The van der Waals surface area contributed by atoms with Crippen LogP contribution in [-0.2, 0) is 0 Å². The average molecular weight is 212 g/mol. The Morgan fingerprint density at radius 1 is 0.933 bits per heavy atom. The van der Waals surface area contributed by atoms with Gasteiger partial charge < -0.3 is 0 Å². The van der Waals surface area contributed by atoms with Crippen LogP contribution in [0.25, 0.3) is 11.1 Å². The van der Waals surface area contributed by atoms with E-state index in [-0.39, 0.29) is 0 Å². The monoisotopic (exact) mass is 212 g/mol. The van der Waals surface area contributed by atoms with Gasteiger partial charge in [0.2, 0.25) is 0 Å². The third-order valence-electron chi connectivity index (χ3n) is 2.45. The molecule has 1 atom stereocenters. The Labute approximate surface area is 93.5 Å². The van der Waals surface area contributed by atoms with Gasteiger partial charge in [-0.15, -0.1) is 9.24 Å². The zero-order chi connectivity index (χ0) is 10.7. The van der Waals surface area contributed by atoms with E-state index < -0.39 is 0 Å². The van der Waals surface area contributed by atoms with Crippen molar-refractivity contribution < 1.29 is 0 Å². The maximum absolute atomic E-state index is 3.13. The fourth-order valence-electron chi connectivity index (χ4n) is 1.59. The van der Waals surface area contributed by atoms with Crippen molar-refractivity contribution in [3.63, 3.8) is 0 Å². The zero-order valence-corrected chi connectivity index (χ0v) is 9.85. The summed E-state index contributed by atoms with van der Waals surface area (Å²) in [5, 5.41) is 0. The molecule has 2 radical (unpaired) electrons. The summed E-state index contributed by atoms with van der Waals surface area (Å²) in [5.74, 6) is 0. The molecule has 2 rings (SSSR count). The van der Waals surface area contributed by atoms with Gasteiger partial charge in [0, 0.05) is 6.16 Å². The molecule has 0 saturated heterocycles. The third kappa shape index (κ3) is 2.27. The standard InChI is InChI=1S/C14H13P/c1-11-6-8-12(9-7-11)14-5-3-2-4-13(14)10-15/h2-9H,15H2,1H3. The Morgan fingerprint density at radius 2 is 1.60 bits per heavy atom. The minimum Gasteiger partial charge on any atom is -0.124 e. The van der Waals surface area contributed by atoms with E-state index in [4.69, 9.17) is 0 Å². The van der Waals surface area contributed by atoms with Crippen LogP contribution in [0.2, 0.25) is 0 Å². The van der Waals surface area contributed by atoms with Gasteiger partial charge in [-0.3, -0.25) is 0 Å². The van der Waals surface area contributed by atoms with Crippen molar-refractivity contribution in [3.05, 3.63) is 65.8 Å². The smallest absolute Gasteiger partial charge is 0.0389 e. The molecule has 0 heterocycles. The van der Waals surface area contributed by atoms with Crippen molar-refractivity contribution in [1.29, 1.82) is 0 Å². The summed E-state index contributed by atoms with van der Waals surface area (Å²) in [6.45, 7) is 2.10. The molecule has 0 spiro atoms. The highest BCUT2D eigenvalue weighted by atomic mass is 31.0. The largest absolute Gasteiger partial charge is 0.124 e. The summed E-state index contributed by atoms with van der Waals surface area (Å²) in [7, 11) is 2.54. The fraction of sp³-hybridized carbons (Fsp3) is 0.0714. The molecule has 0 aliphatic heterocycles. The summed E-state index contributed by atoms with van der Waals surface area (Å²) < 4.78 is 0. The molecule has 1 unspecified atom stereocenters. The number of rotatable bonds is 2. The molecule has 2 aromatic rings. The molecule has 0 fully saturated rings. The van der Waals surface area contributed by atoms with Gasteiger partial charge in [-0.1, -0.05) is 54.1 Å². The van der Waals surface area contributed by atoms with E-state index in [0.717, 1.165) is 5.56 Å². The second-order valence-corrected chi connectivity index (χ2v) is 3.84. The Morgan fingerprint density at radius 3 is 2.27 bits per heavy atom. The number of hydrogen-bond donors (Lipinski definition) is 0. The maximum Gasteiger partial charge on any atom is 0.0389 e. The molecule has 0 aliphatic rings. The second kappa shape index (κ2) is 4.59. The predicted octanol–water partition coefficient (Wildman–Crippen LogP) is 3.92. The summed E-state index contributed by atoms with van der Waals surface area (Å²) >= 11 is 0. The number of hydrogen-bond acceptors (Lipinski definition) is 0. The topological polar surface area (TPSA) is 0 Å². The van der Waals surface area contributed by atoms with E-state index in [1.165, 1.54) is 16.7 Å². The van der Waals surface area contributed by atoms with E-state index in [9.17, 15) is 0 Å². The fourth-order valence-corrected chi connectivity index (χ4v) is 1.85. The van der Waals surface area contributed by atoms with Crippen LogP contribution >= 0.6 is 9.24 Å². The molecule has 0 bridgehead atoms. The number of benzene rings is 2. The van der Waals surface area contributed by atoms with Gasteiger partial charge in [0.15, 0.2) is 0 Å². The highest BCUT2D eigenvalue weighted by Gasteiger charge is 2.02. The Balaban J connectivity index is 2.49. The number of aryl methyl sites for hydroxylation is 1. The van der Waals surface area contributed by atoms with Crippen LogP contribution in [0, 0.1) is 13.1 Å². The first-order valence-electron chi connectivity index (χ1n) is 4.94. The van der Waals surface area contributed by atoms with E-state index in [0.29, 0.717) is 0 Å². The minimum absolute atomic E-state index is 1.13. The Kier molecular flexibility index (Phi) is 3.18. The van der Waals surface area contributed by atoms with Crippen molar-refractivity contribution >= 4 is 9.24 Å². The van der Waals surface area contributed by atoms with Gasteiger partial charge in [0.05, 0.1) is 0 Å². The van der Waals surface area contributed by atoms with Gasteiger partial charge in [-0.05, 0) is 23.6 Å². The van der Waals surface area contributed by atoms with Crippen molar-refractivity contribution in [2.75, 3.05) is 0 Å². The van der Waals surface area contributed by atoms with Crippen LogP contribution in [0.15, 0.2) is 48.5 Å². The molecule has 2 aromatic carbocycles. The van der Waals surface area contributed by atoms with Crippen LogP contribution in [0.1, 0.15) is 11.1 Å². The zero-order valence-electron chi connectivity index (χ0n) is 8.70. The molecule has 0 nitrogen and oxygen atoms in total. The van der Waals surface area contributed by atoms with Crippen LogP contribution in [0.3, 0.4) is 0 Å². The lowest BCUT2D eigenvalue weighted by molar-refractivity contribution is 1.46. The van der Waals surface area contributed by atoms with Gasteiger partial charge in [0.1, 0.15) is 0 Å². The predicted molar refractivity (Wildman–Crippen MR) is 68.7 cm³/mol. The first-order chi connectivity index (χ1) is 7.31. The molecule has 74 valence electrons. The summed E-state index contributed by atoms with van der Waals surface area (Å²) in [4.78, 5) is 0. The molecule has 1 heteroatoms. The molecular weight excluding hydrogens is 199 g/mol. The first-order valence-corrected chi connectivity index (χ1v) is 5.51. The SMILES string of the molecule is Cc1ccc(-c2ccccc2[C]P)cc1.